The summed E-state index contributed by atoms with van der Waals surface area (Å²) in [4.78, 5) is 18.5. The van der Waals surface area contributed by atoms with Gasteiger partial charge in [-0.1, -0.05) is 6.92 Å². The number of thiazole rings is 1. The highest BCUT2D eigenvalue weighted by Gasteiger charge is 2.33. The van der Waals surface area contributed by atoms with Gasteiger partial charge < -0.3 is 9.64 Å². The van der Waals surface area contributed by atoms with Crippen LogP contribution in [0.5, 0.6) is 0 Å². The van der Waals surface area contributed by atoms with Crippen LogP contribution in [0, 0.1) is 5.92 Å². The summed E-state index contributed by atoms with van der Waals surface area (Å²) in [6, 6.07) is 0. The van der Waals surface area contributed by atoms with E-state index in [1.807, 2.05) is 17.2 Å². The molecule has 5 heteroatoms. The lowest BCUT2D eigenvalue weighted by molar-refractivity contribution is -0.142. The zero-order chi connectivity index (χ0) is 13.0. The summed E-state index contributed by atoms with van der Waals surface area (Å²) in [6.45, 7) is 6.28. The number of ether oxygens (including phenoxy) is 1. The van der Waals surface area contributed by atoms with Crippen LogP contribution in [0.1, 0.15) is 25.3 Å². The van der Waals surface area contributed by atoms with E-state index >= 15 is 0 Å². The maximum atomic E-state index is 12.3. The van der Waals surface area contributed by atoms with Crippen LogP contribution in [0.15, 0.2) is 11.6 Å². The van der Waals surface area contributed by atoms with Gasteiger partial charge in [-0.15, -0.1) is 11.3 Å². The highest BCUT2D eigenvalue weighted by Crippen LogP contribution is 2.22. The molecule has 1 aromatic heterocycles. The monoisotopic (exact) mass is 268 g/mol. The Bertz CT molecular complexity index is 380. The summed E-state index contributed by atoms with van der Waals surface area (Å²) in [6.07, 6.45) is 3.39. The minimum atomic E-state index is -0.235. The zero-order valence-electron chi connectivity index (χ0n) is 11.0. The molecule has 1 amide bonds. The van der Waals surface area contributed by atoms with Crippen LogP contribution in [0.2, 0.25) is 0 Å². The smallest absolute Gasteiger partial charge is 0.251 e. The summed E-state index contributed by atoms with van der Waals surface area (Å²) >= 11 is 1.64. The minimum absolute atomic E-state index is 0.138. The second-order valence-electron chi connectivity index (χ2n) is 4.65. The molecule has 2 atom stereocenters. The van der Waals surface area contributed by atoms with E-state index in [-0.39, 0.29) is 12.0 Å². The highest BCUT2D eigenvalue weighted by molar-refractivity contribution is 7.09. The summed E-state index contributed by atoms with van der Waals surface area (Å²) in [5.41, 5.74) is 0. The number of nitrogens with zero attached hydrogens (tertiary/aromatic N) is 2. The van der Waals surface area contributed by atoms with Crippen molar-refractivity contribution in [1.29, 1.82) is 0 Å². The normalized spacial score (nSPS) is 23.2. The molecular weight excluding hydrogens is 248 g/mol. The fourth-order valence-corrected chi connectivity index (χ4v) is 2.83. The van der Waals surface area contributed by atoms with E-state index in [4.69, 9.17) is 4.74 Å². The quantitative estimate of drug-likeness (QED) is 0.820. The van der Waals surface area contributed by atoms with Gasteiger partial charge in [0.2, 0.25) is 0 Å². The number of carbonyl (C=O) groups excluding carboxylic acids is 1. The van der Waals surface area contributed by atoms with Gasteiger partial charge in [-0.2, -0.15) is 0 Å². The van der Waals surface area contributed by atoms with E-state index in [9.17, 15) is 4.79 Å². The van der Waals surface area contributed by atoms with Crippen molar-refractivity contribution < 1.29 is 9.53 Å². The van der Waals surface area contributed by atoms with Crippen molar-refractivity contribution >= 4 is 17.2 Å². The lowest BCUT2D eigenvalue weighted by atomic mass is 10.0. The average molecular weight is 268 g/mol. The molecule has 1 aromatic rings. The van der Waals surface area contributed by atoms with Gasteiger partial charge in [0, 0.05) is 37.7 Å². The first kappa shape index (κ1) is 13.5. The van der Waals surface area contributed by atoms with Gasteiger partial charge in [-0.25, -0.2) is 4.98 Å². The Kier molecular flexibility index (Phi) is 4.72. The number of amides is 1. The molecule has 100 valence electrons. The van der Waals surface area contributed by atoms with E-state index in [0.29, 0.717) is 12.5 Å². The van der Waals surface area contributed by atoms with Crippen LogP contribution >= 0.6 is 11.3 Å². The standard InChI is InChI=1S/C13H20N2O2S/c1-3-15(7-4-11-14-6-9-18-11)13(16)12-10(2)5-8-17-12/h6,9-10,12H,3-5,7-8H2,1-2H3/t10-,12-/m0/s1. The molecule has 1 aliphatic rings. The Morgan fingerprint density at radius 2 is 2.50 bits per heavy atom. The van der Waals surface area contributed by atoms with Crippen molar-refractivity contribution in [3.05, 3.63) is 16.6 Å². The molecule has 0 aromatic carbocycles. The van der Waals surface area contributed by atoms with Crippen LogP contribution in [0.4, 0.5) is 0 Å². The molecule has 0 aliphatic carbocycles. The first-order valence-corrected chi connectivity index (χ1v) is 7.39. The summed E-state index contributed by atoms with van der Waals surface area (Å²) in [5, 5.41) is 3.05. The number of carbonyl (C=O) groups is 1. The van der Waals surface area contributed by atoms with Crippen LogP contribution in [0.3, 0.4) is 0 Å². The van der Waals surface area contributed by atoms with E-state index < -0.39 is 0 Å². The van der Waals surface area contributed by atoms with Crippen molar-refractivity contribution in [1.82, 2.24) is 9.88 Å². The predicted octanol–water partition coefficient (Wildman–Crippen LogP) is 1.96. The molecule has 0 radical (unpaired) electrons. The third-order valence-electron chi connectivity index (χ3n) is 3.40. The molecule has 2 heterocycles. The third kappa shape index (κ3) is 3.09. The maximum Gasteiger partial charge on any atom is 0.251 e. The summed E-state index contributed by atoms with van der Waals surface area (Å²) in [5.74, 6) is 0.477. The van der Waals surface area contributed by atoms with Gasteiger partial charge in [-0.3, -0.25) is 4.79 Å². The van der Waals surface area contributed by atoms with Gasteiger partial charge in [0.1, 0.15) is 6.10 Å². The van der Waals surface area contributed by atoms with E-state index in [2.05, 4.69) is 11.9 Å². The third-order valence-corrected chi connectivity index (χ3v) is 4.24. The summed E-state index contributed by atoms with van der Waals surface area (Å²) < 4.78 is 5.54. The molecule has 18 heavy (non-hydrogen) atoms. The molecule has 0 unspecified atom stereocenters. The molecule has 1 fully saturated rings. The molecule has 0 saturated carbocycles. The predicted molar refractivity (Wildman–Crippen MR) is 71.6 cm³/mol. The fourth-order valence-electron chi connectivity index (χ4n) is 2.22. The highest BCUT2D eigenvalue weighted by atomic mass is 32.1. The van der Waals surface area contributed by atoms with Crippen molar-refractivity contribution in [2.45, 2.75) is 32.8 Å². The Morgan fingerprint density at radius 3 is 3.06 bits per heavy atom. The van der Waals surface area contributed by atoms with Crippen molar-refractivity contribution in [2.24, 2.45) is 5.92 Å². The SMILES string of the molecule is CCN(CCc1nccs1)C(=O)[C@H]1OCC[C@@H]1C. The van der Waals surface area contributed by atoms with Gasteiger partial charge in [0.15, 0.2) is 0 Å². The molecule has 1 aliphatic heterocycles. The first-order valence-electron chi connectivity index (χ1n) is 6.51. The van der Waals surface area contributed by atoms with Gasteiger partial charge in [0.05, 0.1) is 5.01 Å². The van der Waals surface area contributed by atoms with Crippen LogP contribution in [-0.2, 0) is 16.0 Å². The Balaban J connectivity index is 1.89. The molecule has 0 bridgehead atoms. The van der Waals surface area contributed by atoms with Crippen LogP contribution in [-0.4, -0.2) is 41.6 Å². The van der Waals surface area contributed by atoms with Gasteiger partial charge in [-0.05, 0) is 19.3 Å². The Morgan fingerprint density at radius 1 is 1.67 bits per heavy atom. The molecule has 0 spiro atoms. The second kappa shape index (κ2) is 6.29. The lowest BCUT2D eigenvalue weighted by Gasteiger charge is -2.25. The molecule has 4 nitrogen and oxygen atoms in total. The van der Waals surface area contributed by atoms with E-state index in [0.717, 1.165) is 30.9 Å². The van der Waals surface area contributed by atoms with Crippen molar-refractivity contribution in [3.8, 4) is 0 Å². The van der Waals surface area contributed by atoms with E-state index in [1.54, 1.807) is 17.5 Å². The maximum absolute atomic E-state index is 12.3. The van der Waals surface area contributed by atoms with Crippen LogP contribution in [0.25, 0.3) is 0 Å². The largest absolute Gasteiger partial charge is 0.368 e. The number of likely N-dealkylation sites (N-methyl/N-ethyl adjacent to an activating group) is 1. The van der Waals surface area contributed by atoms with Gasteiger partial charge >= 0.3 is 0 Å². The Labute approximate surface area is 112 Å². The van der Waals surface area contributed by atoms with Gasteiger partial charge in [0.25, 0.3) is 5.91 Å². The fraction of sp³-hybridized carbons (Fsp3) is 0.692. The minimum Gasteiger partial charge on any atom is -0.368 e. The molecule has 1 saturated heterocycles. The topological polar surface area (TPSA) is 42.4 Å². The summed E-state index contributed by atoms with van der Waals surface area (Å²) in [7, 11) is 0. The van der Waals surface area contributed by atoms with Crippen molar-refractivity contribution in [3.63, 3.8) is 0 Å². The number of hydrogen-bond donors (Lipinski definition) is 0. The first-order chi connectivity index (χ1) is 8.72. The Hall–Kier alpha value is -0.940. The molecule has 2 rings (SSSR count). The zero-order valence-corrected chi connectivity index (χ0v) is 11.8. The molecule has 0 N–H and O–H groups in total. The second-order valence-corrected chi connectivity index (χ2v) is 5.63. The number of rotatable bonds is 5. The molecular formula is C13H20N2O2S. The number of hydrogen-bond acceptors (Lipinski definition) is 4. The van der Waals surface area contributed by atoms with E-state index in [1.165, 1.54) is 0 Å². The van der Waals surface area contributed by atoms with Crippen molar-refractivity contribution in [2.75, 3.05) is 19.7 Å². The number of aromatic nitrogens is 1. The lowest BCUT2D eigenvalue weighted by Crippen LogP contribution is -2.42. The average Bonchev–Trinajstić information content (AvgIpc) is 3.00. The van der Waals surface area contributed by atoms with Crippen LogP contribution < -0.4 is 0 Å².